The van der Waals surface area contributed by atoms with Crippen molar-refractivity contribution in [3.05, 3.63) is 54.6 Å². The van der Waals surface area contributed by atoms with Crippen LogP contribution < -0.4 is 10.2 Å². The van der Waals surface area contributed by atoms with Crippen LogP contribution in [-0.4, -0.2) is 48.6 Å². The highest BCUT2D eigenvalue weighted by Gasteiger charge is 2.18. The van der Waals surface area contributed by atoms with Crippen molar-refractivity contribution in [2.24, 2.45) is 0 Å². The van der Waals surface area contributed by atoms with Crippen molar-refractivity contribution in [2.45, 2.75) is 11.8 Å². The maximum absolute atomic E-state index is 12.1. The molecule has 0 spiro atoms. The highest BCUT2D eigenvalue weighted by molar-refractivity contribution is 8.00. The number of nitrogens with zero attached hydrogens (tertiary/aromatic N) is 2. The molecule has 26 heavy (non-hydrogen) atoms. The van der Waals surface area contributed by atoms with E-state index < -0.39 is 0 Å². The summed E-state index contributed by atoms with van der Waals surface area (Å²) in [5.41, 5.74) is 1.92. The predicted octanol–water partition coefficient (Wildman–Crippen LogP) is 3.09. The molecule has 1 fully saturated rings. The molecule has 0 aliphatic carbocycles. The van der Waals surface area contributed by atoms with Gasteiger partial charge in [0.25, 0.3) is 0 Å². The first kappa shape index (κ1) is 18.3. The first-order valence-corrected chi connectivity index (χ1v) is 9.68. The lowest BCUT2D eigenvalue weighted by Gasteiger charge is -2.35. The molecular formula is C20H23N3O2S. The van der Waals surface area contributed by atoms with Crippen LogP contribution in [0, 0.1) is 0 Å². The van der Waals surface area contributed by atoms with Gasteiger partial charge in [0.15, 0.2) is 0 Å². The van der Waals surface area contributed by atoms with Gasteiger partial charge >= 0.3 is 0 Å². The van der Waals surface area contributed by atoms with E-state index >= 15 is 0 Å². The number of hydrogen-bond donors (Lipinski definition) is 1. The number of amides is 2. The van der Waals surface area contributed by atoms with Gasteiger partial charge in [-0.15, -0.1) is 11.8 Å². The summed E-state index contributed by atoms with van der Waals surface area (Å²) in [5.74, 6) is 0.511. The number of carbonyl (C=O) groups is 2. The molecule has 1 heterocycles. The van der Waals surface area contributed by atoms with E-state index in [1.807, 2.05) is 59.5 Å². The van der Waals surface area contributed by atoms with Gasteiger partial charge < -0.3 is 15.1 Å². The summed E-state index contributed by atoms with van der Waals surface area (Å²) in [6.07, 6.45) is 0. The Kier molecular flexibility index (Phi) is 6.17. The van der Waals surface area contributed by atoms with E-state index in [2.05, 4.69) is 10.2 Å². The molecule has 2 aromatic carbocycles. The molecule has 0 saturated carbocycles. The fourth-order valence-electron chi connectivity index (χ4n) is 2.90. The fourth-order valence-corrected chi connectivity index (χ4v) is 3.62. The quantitative estimate of drug-likeness (QED) is 0.823. The van der Waals surface area contributed by atoms with E-state index in [1.165, 1.54) is 11.8 Å². The van der Waals surface area contributed by atoms with E-state index in [0.717, 1.165) is 42.4 Å². The van der Waals surface area contributed by atoms with Gasteiger partial charge in [0.1, 0.15) is 0 Å². The second-order valence-corrected chi connectivity index (χ2v) is 7.24. The van der Waals surface area contributed by atoms with Crippen molar-refractivity contribution in [3.8, 4) is 0 Å². The molecule has 1 aliphatic rings. The lowest BCUT2D eigenvalue weighted by atomic mass is 10.2. The number of anilines is 2. The summed E-state index contributed by atoms with van der Waals surface area (Å²) < 4.78 is 0. The molecule has 0 bridgehead atoms. The molecule has 0 unspecified atom stereocenters. The number of piperazine rings is 1. The molecule has 136 valence electrons. The molecular weight excluding hydrogens is 346 g/mol. The second-order valence-electron chi connectivity index (χ2n) is 6.19. The minimum absolute atomic E-state index is 0.0123. The second kappa shape index (κ2) is 8.76. The van der Waals surface area contributed by atoms with Crippen LogP contribution in [0.25, 0.3) is 0 Å². The SMILES string of the molecule is CC(=O)N1CCN(c2ccc(NC(=O)CSc3ccccc3)cc2)CC1. The zero-order valence-electron chi connectivity index (χ0n) is 14.9. The van der Waals surface area contributed by atoms with Crippen LogP contribution in [0.3, 0.4) is 0 Å². The minimum atomic E-state index is -0.0123. The molecule has 0 atom stereocenters. The van der Waals surface area contributed by atoms with E-state index in [-0.39, 0.29) is 11.8 Å². The molecule has 1 N–H and O–H groups in total. The normalized spacial score (nSPS) is 14.2. The molecule has 1 saturated heterocycles. The number of carbonyl (C=O) groups excluding carboxylic acids is 2. The van der Waals surface area contributed by atoms with Crippen molar-refractivity contribution >= 4 is 35.0 Å². The molecule has 0 radical (unpaired) electrons. The van der Waals surface area contributed by atoms with Gasteiger partial charge in [-0.2, -0.15) is 0 Å². The maximum atomic E-state index is 12.1. The first-order valence-electron chi connectivity index (χ1n) is 8.70. The lowest BCUT2D eigenvalue weighted by Crippen LogP contribution is -2.48. The molecule has 1 aliphatic heterocycles. The third-order valence-electron chi connectivity index (χ3n) is 4.35. The van der Waals surface area contributed by atoms with Crippen LogP contribution in [0.4, 0.5) is 11.4 Å². The Morgan fingerprint density at radius 1 is 0.962 bits per heavy atom. The Labute approximate surface area is 158 Å². The van der Waals surface area contributed by atoms with E-state index in [4.69, 9.17) is 0 Å². The Morgan fingerprint density at radius 3 is 2.23 bits per heavy atom. The largest absolute Gasteiger partial charge is 0.368 e. The van der Waals surface area contributed by atoms with Gasteiger partial charge in [-0.05, 0) is 36.4 Å². The average molecular weight is 369 g/mol. The standard InChI is InChI=1S/C20H23N3O2S/c1-16(24)22-11-13-23(14-12-22)18-9-7-17(8-10-18)21-20(25)15-26-19-5-3-2-4-6-19/h2-10H,11-15H2,1H3,(H,21,25). The number of thioether (sulfide) groups is 1. The molecule has 2 amide bonds. The van der Waals surface area contributed by atoms with Crippen LogP contribution in [0.15, 0.2) is 59.5 Å². The lowest BCUT2D eigenvalue weighted by molar-refractivity contribution is -0.129. The van der Waals surface area contributed by atoms with Crippen molar-refractivity contribution in [3.63, 3.8) is 0 Å². The van der Waals surface area contributed by atoms with Crippen LogP contribution in [0.1, 0.15) is 6.92 Å². The van der Waals surface area contributed by atoms with Gasteiger partial charge in [-0.3, -0.25) is 9.59 Å². The number of benzene rings is 2. The van der Waals surface area contributed by atoms with E-state index in [0.29, 0.717) is 5.75 Å². The van der Waals surface area contributed by atoms with Crippen LogP contribution >= 0.6 is 11.8 Å². The summed E-state index contributed by atoms with van der Waals surface area (Å²) in [7, 11) is 0. The molecule has 6 heteroatoms. The summed E-state index contributed by atoms with van der Waals surface area (Å²) in [5, 5.41) is 2.93. The van der Waals surface area contributed by atoms with Crippen molar-refractivity contribution in [1.29, 1.82) is 0 Å². The topological polar surface area (TPSA) is 52.7 Å². The maximum Gasteiger partial charge on any atom is 0.234 e. The van der Waals surface area contributed by atoms with Crippen LogP contribution in [0.2, 0.25) is 0 Å². The Bertz CT molecular complexity index is 741. The zero-order valence-corrected chi connectivity index (χ0v) is 15.7. The van der Waals surface area contributed by atoms with Gasteiger partial charge in [0, 0.05) is 49.4 Å². The number of rotatable bonds is 5. The zero-order chi connectivity index (χ0) is 18.4. The summed E-state index contributed by atoms with van der Waals surface area (Å²) in [4.78, 5) is 28.7. The van der Waals surface area contributed by atoms with Gasteiger partial charge in [-0.25, -0.2) is 0 Å². The monoisotopic (exact) mass is 369 g/mol. The van der Waals surface area contributed by atoms with Crippen molar-refractivity contribution in [1.82, 2.24) is 4.90 Å². The number of hydrogen-bond acceptors (Lipinski definition) is 4. The van der Waals surface area contributed by atoms with Gasteiger partial charge in [0.2, 0.25) is 11.8 Å². The Balaban J connectivity index is 1.48. The highest BCUT2D eigenvalue weighted by atomic mass is 32.2. The van der Waals surface area contributed by atoms with Gasteiger partial charge in [-0.1, -0.05) is 18.2 Å². The predicted molar refractivity (Wildman–Crippen MR) is 107 cm³/mol. The fraction of sp³-hybridized carbons (Fsp3) is 0.300. The first-order chi connectivity index (χ1) is 12.6. The Morgan fingerprint density at radius 2 is 1.62 bits per heavy atom. The third-order valence-corrected chi connectivity index (χ3v) is 5.37. The summed E-state index contributed by atoms with van der Waals surface area (Å²) in [6.45, 7) is 4.79. The minimum Gasteiger partial charge on any atom is -0.368 e. The smallest absolute Gasteiger partial charge is 0.234 e. The van der Waals surface area contributed by atoms with Crippen LogP contribution in [0.5, 0.6) is 0 Å². The van der Waals surface area contributed by atoms with E-state index in [1.54, 1.807) is 6.92 Å². The average Bonchev–Trinajstić information content (AvgIpc) is 2.68. The Hall–Kier alpha value is -2.47. The molecule has 0 aromatic heterocycles. The van der Waals surface area contributed by atoms with E-state index in [9.17, 15) is 9.59 Å². The molecule has 5 nitrogen and oxygen atoms in total. The number of nitrogens with one attached hydrogen (secondary N) is 1. The summed E-state index contributed by atoms with van der Waals surface area (Å²) in [6, 6.07) is 17.8. The van der Waals surface area contributed by atoms with Crippen LogP contribution in [-0.2, 0) is 9.59 Å². The summed E-state index contributed by atoms with van der Waals surface area (Å²) >= 11 is 1.52. The van der Waals surface area contributed by atoms with Crippen molar-refractivity contribution < 1.29 is 9.59 Å². The van der Waals surface area contributed by atoms with Gasteiger partial charge in [0.05, 0.1) is 5.75 Å². The third kappa shape index (κ3) is 5.02. The van der Waals surface area contributed by atoms with Crippen molar-refractivity contribution in [2.75, 3.05) is 42.1 Å². The highest BCUT2D eigenvalue weighted by Crippen LogP contribution is 2.21. The molecule has 3 rings (SSSR count). The molecule has 2 aromatic rings.